The summed E-state index contributed by atoms with van der Waals surface area (Å²) in [5.41, 5.74) is 0. The van der Waals surface area contributed by atoms with E-state index in [0.29, 0.717) is 0 Å². The van der Waals surface area contributed by atoms with Crippen molar-refractivity contribution in [3.8, 4) is 0 Å². The van der Waals surface area contributed by atoms with Crippen LogP contribution in [0.2, 0.25) is 0 Å². The van der Waals surface area contributed by atoms with Crippen LogP contribution in [0.15, 0.2) is 0 Å². The maximum atomic E-state index is 12.0. The zero-order valence-electron chi connectivity index (χ0n) is 4.33. The van der Waals surface area contributed by atoms with Gasteiger partial charge in [-0.15, -0.1) is 4.20 Å². The molecule has 3 nitrogen and oxygen atoms in total. The molecular weight excluding hydrogens is 134 g/mol. The quantitative estimate of drug-likeness (QED) is 0.478. The molecule has 0 aliphatic carbocycles. The third kappa shape index (κ3) is 1.28. The van der Waals surface area contributed by atoms with Gasteiger partial charge in [-0.25, -0.2) is 4.57 Å². The fraction of sp³-hybridized carbons (Fsp3) is 1.00. The van der Waals surface area contributed by atoms with Gasteiger partial charge in [-0.1, -0.05) is 0 Å². The summed E-state index contributed by atoms with van der Waals surface area (Å²) >= 11 is 0. The van der Waals surface area contributed by atoms with Gasteiger partial charge in [-0.3, -0.25) is 9.05 Å². The van der Waals surface area contributed by atoms with E-state index in [2.05, 4.69) is 9.05 Å². The van der Waals surface area contributed by atoms with Crippen molar-refractivity contribution in [2.75, 3.05) is 6.61 Å². The fourth-order valence-corrected chi connectivity index (χ4v) is 1.41. The molecule has 2 unspecified atom stereocenters. The lowest BCUT2D eigenvalue weighted by Crippen LogP contribution is -1.99. The Bertz CT molecular complexity index is 136. The minimum absolute atomic E-state index is 0.0910. The van der Waals surface area contributed by atoms with Crippen LogP contribution < -0.4 is 0 Å². The van der Waals surface area contributed by atoms with Gasteiger partial charge in [0.05, 0.1) is 12.7 Å². The average Bonchev–Trinajstić information content (AvgIpc) is 1.82. The lowest BCUT2D eigenvalue weighted by Gasteiger charge is -1.94. The molecule has 0 aromatic carbocycles. The Kier molecular flexibility index (Phi) is 1.39. The lowest BCUT2D eigenvalue weighted by atomic mass is 10.5. The van der Waals surface area contributed by atoms with E-state index in [-0.39, 0.29) is 12.7 Å². The summed E-state index contributed by atoms with van der Waals surface area (Å²) in [4.78, 5) is 0. The Balaban J connectivity index is 2.57. The standard InChI is InChI=1S/C3H6FO3P/c1-3-2-6-8(4,5)7-3/h3H,2H2,1H3. The highest BCUT2D eigenvalue weighted by atomic mass is 31.2. The zero-order chi connectivity index (χ0) is 6.20. The van der Waals surface area contributed by atoms with E-state index in [9.17, 15) is 8.76 Å². The van der Waals surface area contributed by atoms with E-state index >= 15 is 0 Å². The molecule has 2 atom stereocenters. The molecule has 1 aliphatic heterocycles. The average molecular weight is 140 g/mol. The Morgan fingerprint density at radius 3 is 2.62 bits per heavy atom. The van der Waals surface area contributed by atoms with Crippen LogP contribution in [-0.2, 0) is 13.6 Å². The summed E-state index contributed by atoms with van der Waals surface area (Å²) in [6.45, 7) is 1.69. The maximum Gasteiger partial charge on any atom is 0.513 e. The summed E-state index contributed by atoms with van der Waals surface area (Å²) in [5.74, 6) is 0. The molecule has 0 bridgehead atoms. The van der Waals surface area contributed by atoms with Crippen molar-refractivity contribution < 1.29 is 17.8 Å². The van der Waals surface area contributed by atoms with Crippen molar-refractivity contribution in [2.24, 2.45) is 0 Å². The summed E-state index contributed by atoms with van der Waals surface area (Å²) in [7, 11) is -4.10. The molecule has 0 N–H and O–H groups in total. The van der Waals surface area contributed by atoms with Gasteiger partial charge in [0, 0.05) is 0 Å². The molecule has 48 valence electrons. The third-order valence-corrected chi connectivity index (χ3v) is 1.84. The predicted molar refractivity (Wildman–Crippen MR) is 25.2 cm³/mol. The lowest BCUT2D eigenvalue weighted by molar-refractivity contribution is 0.247. The third-order valence-electron chi connectivity index (χ3n) is 0.769. The smallest absolute Gasteiger partial charge is 0.281 e. The molecular formula is C3H6FO3P. The minimum Gasteiger partial charge on any atom is -0.281 e. The molecule has 0 aromatic heterocycles. The van der Waals surface area contributed by atoms with E-state index in [1.54, 1.807) is 6.92 Å². The highest BCUT2D eigenvalue weighted by Gasteiger charge is 2.34. The van der Waals surface area contributed by atoms with Gasteiger partial charge in [0.15, 0.2) is 0 Å². The second-order valence-corrected chi connectivity index (χ2v) is 2.97. The van der Waals surface area contributed by atoms with Crippen molar-refractivity contribution in [3.05, 3.63) is 0 Å². The minimum atomic E-state index is -4.10. The molecule has 0 amide bonds. The van der Waals surface area contributed by atoms with Crippen LogP contribution in [0.5, 0.6) is 0 Å². The molecule has 0 aromatic rings. The van der Waals surface area contributed by atoms with Gasteiger partial charge in [-0.2, -0.15) is 0 Å². The maximum absolute atomic E-state index is 12.0. The van der Waals surface area contributed by atoms with E-state index < -0.39 is 7.91 Å². The van der Waals surface area contributed by atoms with E-state index in [4.69, 9.17) is 0 Å². The molecule has 5 heteroatoms. The molecule has 0 radical (unpaired) electrons. The van der Waals surface area contributed by atoms with Crippen LogP contribution in [-0.4, -0.2) is 12.7 Å². The first kappa shape index (κ1) is 6.20. The SMILES string of the molecule is CC1COP(=O)(F)O1. The van der Waals surface area contributed by atoms with Crippen molar-refractivity contribution >= 4 is 7.91 Å². The topological polar surface area (TPSA) is 35.5 Å². The number of hydrogen-bond donors (Lipinski definition) is 0. The molecule has 1 aliphatic rings. The summed E-state index contributed by atoms with van der Waals surface area (Å²) in [5, 5.41) is 0. The van der Waals surface area contributed by atoms with Gasteiger partial charge < -0.3 is 0 Å². The first-order valence-corrected chi connectivity index (χ1v) is 3.66. The van der Waals surface area contributed by atoms with E-state index in [1.165, 1.54) is 0 Å². The molecule has 1 heterocycles. The molecule has 0 saturated carbocycles. The van der Waals surface area contributed by atoms with Crippen LogP contribution >= 0.6 is 7.91 Å². The summed E-state index contributed by atoms with van der Waals surface area (Å²) in [6, 6.07) is 0. The molecule has 1 rings (SSSR count). The van der Waals surface area contributed by atoms with Crippen LogP contribution in [0.25, 0.3) is 0 Å². The van der Waals surface area contributed by atoms with Crippen molar-refractivity contribution in [1.29, 1.82) is 0 Å². The molecule has 1 saturated heterocycles. The highest BCUT2D eigenvalue weighted by molar-refractivity contribution is 7.48. The number of hydrogen-bond acceptors (Lipinski definition) is 3. The Morgan fingerprint density at radius 1 is 1.88 bits per heavy atom. The van der Waals surface area contributed by atoms with Crippen molar-refractivity contribution in [1.82, 2.24) is 0 Å². The summed E-state index contributed by atoms with van der Waals surface area (Å²) < 4.78 is 30.4. The number of halogens is 1. The van der Waals surface area contributed by atoms with Gasteiger partial charge >= 0.3 is 7.91 Å². The van der Waals surface area contributed by atoms with Crippen molar-refractivity contribution in [2.45, 2.75) is 13.0 Å². The van der Waals surface area contributed by atoms with Crippen LogP contribution in [0.4, 0.5) is 4.20 Å². The largest absolute Gasteiger partial charge is 0.513 e. The van der Waals surface area contributed by atoms with Crippen LogP contribution in [0.3, 0.4) is 0 Å². The summed E-state index contributed by atoms with van der Waals surface area (Å²) in [6.07, 6.45) is -0.370. The first-order chi connectivity index (χ1) is 3.60. The van der Waals surface area contributed by atoms with Crippen LogP contribution in [0, 0.1) is 0 Å². The highest BCUT2D eigenvalue weighted by Crippen LogP contribution is 2.55. The monoisotopic (exact) mass is 140 g/mol. The Labute approximate surface area is 46.4 Å². The Hall–Kier alpha value is 0.0800. The molecule has 8 heavy (non-hydrogen) atoms. The predicted octanol–water partition coefficient (Wildman–Crippen LogP) is 1.50. The Morgan fingerprint density at radius 2 is 2.50 bits per heavy atom. The van der Waals surface area contributed by atoms with Crippen LogP contribution in [0.1, 0.15) is 6.92 Å². The van der Waals surface area contributed by atoms with E-state index in [1.807, 2.05) is 0 Å². The van der Waals surface area contributed by atoms with E-state index in [0.717, 1.165) is 0 Å². The van der Waals surface area contributed by atoms with Gasteiger partial charge in [0.1, 0.15) is 0 Å². The molecule has 1 fully saturated rings. The number of rotatable bonds is 0. The second-order valence-electron chi connectivity index (χ2n) is 1.64. The normalized spacial score (nSPS) is 47.5. The molecule has 0 spiro atoms. The van der Waals surface area contributed by atoms with Gasteiger partial charge in [0.25, 0.3) is 0 Å². The van der Waals surface area contributed by atoms with Gasteiger partial charge in [0.2, 0.25) is 0 Å². The second kappa shape index (κ2) is 1.79. The fourth-order valence-electron chi connectivity index (χ4n) is 0.470. The zero-order valence-corrected chi connectivity index (χ0v) is 5.23. The van der Waals surface area contributed by atoms with Gasteiger partial charge in [-0.05, 0) is 6.92 Å². The first-order valence-electron chi connectivity index (χ1n) is 2.23. The van der Waals surface area contributed by atoms with Crippen molar-refractivity contribution in [3.63, 3.8) is 0 Å².